The van der Waals surface area contributed by atoms with Gasteiger partial charge in [0.15, 0.2) is 23.3 Å². The number of hydrogen-bond acceptors (Lipinski definition) is 8. The Kier molecular flexibility index (Phi) is 11.7. The molecule has 12 aromatic carbocycles. The van der Waals surface area contributed by atoms with Gasteiger partial charge in [0.1, 0.15) is 11.2 Å². The van der Waals surface area contributed by atoms with Crippen LogP contribution in [0.2, 0.25) is 0 Å². The summed E-state index contributed by atoms with van der Waals surface area (Å²) in [6.45, 7) is 9.30. The molecule has 20 rings (SSSR count). The van der Waals surface area contributed by atoms with Crippen LogP contribution in [-0.2, 0) is 10.8 Å². The number of furan rings is 1. The molecule has 0 amide bonds. The number of benzene rings is 12. The molecule has 0 saturated carbocycles. The first kappa shape index (κ1) is 54.1. The zero-order chi connectivity index (χ0) is 62.6. The van der Waals surface area contributed by atoms with Crippen molar-refractivity contribution in [3.63, 3.8) is 0 Å². The van der Waals surface area contributed by atoms with E-state index in [1.165, 1.54) is 80.8 Å². The number of fused-ring (bicyclic) bond motifs is 20. The van der Waals surface area contributed by atoms with Gasteiger partial charge in [-0.05, 0) is 69.8 Å². The monoisotopic (exact) mass is 1220 g/mol. The molecular weight excluding hydrogens is 1170 g/mol. The standard InChI is InChI=1S/C42H28N4O.C42H28N4S/c2*1-42(2)32-20-9-6-17-30(32)36-33(42)24-23-28-26-15-7-10-21-34(26)46(37(28)36)41-44-39(25-13-4-3-5-14-25)43-40(45-41)31-19-12-18-29-27-16-8-11-22-35(27)47-38(29)31/h2*3-24H,1-2H3. The summed E-state index contributed by atoms with van der Waals surface area (Å²) in [5.41, 5.74) is 19.8. The smallest absolute Gasteiger partial charge is 0.238 e. The van der Waals surface area contributed by atoms with E-state index in [1.54, 1.807) is 11.3 Å². The van der Waals surface area contributed by atoms with Crippen LogP contribution < -0.4 is 0 Å². The zero-order valence-corrected chi connectivity index (χ0v) is 52.6. The van der Waals surface area contributed by atoms with E-state index < -0.39 is 0 Å². The summed E-state index contributed by atoms with van der Waals surface area (Å²) in [6, 6.07) is 93.8. The minimum Gasteiger partial charge on any atom is -0.455 e. The summed E-state index contributed by atoms with van der Waals surface area (Å²) in [5, 5.41) is 9.30. The van der Waals surface area contributed by atoms with E-state index >= 15 is 0 Å². The predicted octanol–water partition coefficient (Wildman–Crippen LogP) is 21.5. The molecule has 0 fully saturated rings. The van der Waals surface area contributed by atoms with Crippen molar-refractivity contribution >= 4 is 97.1 Å². The molecule has 18 aromatic rings. The zero-order valence-electron chi connectivity index (χ0n) is 51.8. The first-order valence-electron chi connectivity index (χ1n) is 31.9. The fourth-order valence-electron chi connectivity index (χ4n) is 15.3. The van der Waals surface area contributed by atoms with E-state index in [4.69, 9.17) is 34.3 Å². The molecule has 6 heterocycles. The quantitative estimate of drug-likeness (QED) is 0.163. The van der Waals surface area contributed by atoms with E-state index in [0.717, 1.165) is 71.6 Å². The number of rotatable bonds is 6. The maximum atomic E-state index is 6.47. The van der Waals surface area contributed by atoms with Gasteiger partial charge in [-0.2, -0.15) is 19.9 Å². The van der Waals surface area contributed by atoms with Crippen LogP contribution in [-0.4, -0.2) is 39.0 Å². The van der Waals surface area contributed by atoms with Crippen LogP contribution in [0, 0.1) is 0 Å². The second kappa shape index (κ2) is 20.4. The van der Waals surface area contributed by atoms with Crippen molar-refractivity contribution in [3.05, 3.63) is 289 Å². The maximum Gasteiger partial charge on any atom is 0.238 e. The molecule has 94 heavy (non-hydrogen) atoms. The lowest BCUT2D eigenvalue weighted by atomic mass is 9.82. The molecular formula is C84H56N8OS. The van der Waals surface area contributed by atoms with E-state index in [2.05, 4.69) is 231 Å². The van der Waals surface area contributed by atoms with Crippen molar-refractivity contribution in [1.29, 1.82) is 0 Å². The SMILES string of the molecule is CC1(C)c2ccccc2-c2c1ccc1c3ccccc3n(-c3nc(-c4ccccc4)nc(-c4cccc5c4oc4ccccc45)n3)c21.CC1(C)c2ccccc2-c2c1ccc1c3ccccc3n(-c3nc(-c4ccccc4)nc(-c4cccc5c4sc4ccccc45)n3)c21. The summed E-state index contributed by atoms with van der Waals surface area (Å²) in [7, 11) is 0. The molecule has 0 spiro atoms. The normalized spacial score (nSPS) is 13.5. The number of hydrogen-bond donors (Lipinski definition) is 0. The number of nitrogens with zero attached hydrogens (tertiary/aromatic N) is 8. The van der Waals surface area contributed by atoms with Crippen LogP contribution in [0.5, 0.6) is 0 Å². The van der Waals surface area contributed by atoms with E-state index in [-0.39, 0.29) is 10.8 Å². The van der Waals surface area contributed by atoms with Gasteiger partial charge in [-0.25, -0.2) is 9.97 Å². The van der Waals surface area contributed by atoms with Gasteiger partial charge in [-0.15, -0.1) is 11.3 Å². The van der Waals surface area contributed by atoms with Gasteiger partial charge in [0.2, 0.25) is 11.9 Å². The summed E-state index contributed by atoms with van der Waals surface area (Å²) in [4.78, 5) is 31.4. The van der Waals surface area contributed by atoms with Gasteiger partial charge >= 0.3 is 0 Å². The Labute approximate surface area is 544 Å². The fourth-order valence-corrected chi connectivity index (χ4v) is 16.6. The van der Waals surface area contributed by atoms with Gasteiger partial charge < -0.3 is 4.42 Å². The predicted molar refractivity (Wildman–Crippen MR) is 385 cm³/mol. The summed E-state index contributed by atoms with van der Waals surface area (Å²) >= 11 is 1.79. The summed E-state index contributed by atoms with van der Waals surface area (Å²) in [5.74, 6) is 3.70. The average Bonchev–Trinajstić information content (AvgIpc) is 1.55. The highest BCUT2D eigenvalue weighted by atomic mass is 32.1. The van der Waals surface area contributed by atoms with Crippen LogP contribution in [0.25, 0.3) is 165 Å². The molecule has 0 radical (unpaired) electrons. The maximum absolute atomic E-state index is 6.47. The Morgan fingerprint density at radius 1 is 0.309 bits per heavy atom. The Morgan fingerprint density at radius 2 is 0.734 bits per heavy atom. The number of thiophene rings is 1. The van der Waals surface area contributed by atoms with E-state index in [1.807, 2.05) is 72.8 Å². The molecule has 2 aliphatic carbocycles. The van der Waals surface area contributed by atoms with E-state index in [0.29, 0.717) is 35.2 Å². The molecule has 10 heteroatoms. The highest BCUT2D eigenvalue weighted by Gasteiger charge is 2.40. The van der Waals surface area contributed by atoms with Crippen LogP contribution in [0.4, 0.5) is 0 Å². The van der Waals surface area contributed by atoms with E-state index in [9.17, 15) is 0 Å². The number of para-hydroxylation sites is 4. The number of aromatic nitrogens is 8. The minimum absolute atomic E-state index is 0.127. The van der Waals surface area contributed by atoms with Crippen LogP contribution in [0.1, 0.15) is 49.9 Å². The molecule has 0 N–H and O–H groups in total. The topological polar surface area (TPSA) is 100 Å². The Hall–Kier alpha value is -11.7. The van der Waals surface area contributed by atoms with Gasteiger partial charge in [0.25, 0.3) is 0 Å². The van der Waals surface area contributed by atoms with Crippen molar-refractivity contribution in [2.45, 2.75) is 38.5 Å². The fraction of sp³-hybridized carbons (Fsp3) is 0.0714. The molecule has 0 saturated heterocycles. The molecule has 2 aliphatic rings. The molecule has 0 aliphatic heterocycles. The second-order valence-corrected chi connectivity index (χ2v) is 26.7. The Morgan fingerprint density at radius 3 is 1.31 bits per heavy atom. The molecule has 0 bridgehead atoms. The van der Waals surface area contributed by atoms with Gasteiger partial charge in [-0.1, -0.05) is 258 Å². The lowest BCUT2D eigenvalue weighted by molar-refractivity contribution is 0.660. The largest absolute Gasteiger partial charge is 0.455 e. The third-order valence-corrected chi connectivity index (χ3v) is 21.0. The molecule has 0 unspecified atom stereocenters. The first-order valence-corrected chi connectivity index (χ1v) is 32.8. The third kappa shape index (κ3) is 7.93. The van der Waals surface area contributed by atoms with Gasteiger partial charge in [0, 0.05) is 91.1 Å². The second-order valence-electron chi connectivity index (χ2n) is 25.7. The Balaban J connectivity index is 0.000000133. The molecule has 9 nitrogen and oxygen atoms in total. The molecule has 444 valence electrons. The first-order chi connectivity index (χ1) is 46.2. The van der Waals surface area contributed by atoms with Gasteiger partial charge in [-0.3, -0.25) is 9.13 Å². The van der Waals surface area contributed by atoms with Crippen molar-refractivity contribution in [2.24, 2.45) is 0 Å². The third-order valence-electron chi connectivity index (χ3n) is 19.8. The van der Waals surface area contributed by atoms with Crippen LogP contribution >= 0.6 is 11.3 Å². The Bertz CT molecular complexity index is 5810. The lowest BCUT2D eigenvalue weighted by Crippen LogP contribution is -2.14. The summed E-state index contributed by atoms with van der Waals surface area (Å²) < 4.78 is 13.4. The molecule has 0 atom stereocenters. The van der Waals surface area contributed by atoms with Crippen LogP contribution in [0.15, 0.2) is 271 Å². The lowest BCUT2D eigenvalue weighted by Gasteiger charge is -2.21. The highest BCUT2D eigenvalue weighted by molar-refractivity contribution is 7.26. The van der Waals surface area contributed by atoms with Crippen molar-refractivity contribution < 1.29 is 4.42 Å². The van der Waals surface area contributed by atoms with Crippen molar-refractivity contribution in [1.82, 2.24) is 39.0 Å². The molecule has 6 aromatic heterocycles. The van der Waals surface area contributed by atoms with Gasteiger partial charge in [0.05, 0.1) is 27.6 Å². The summed E-state index contributed by atoms with van der Waals surface area (Å²) in [6.07, 6.45) is 0. The van der Waals surface area contributed by atoms with Crippen molar-refractivity contribution in [2.75, 3.05) is 0 Å². The van der Waals surface area contributed by atoms with Crippen LogP contribution in [0.3, 0.4) is 0 Å². The minimum atomic E-state index is -0.141. The highest BCUT2D eigenvalue weighted by Crippen LogP contribution is 2.55. The van der Waals surface area contributed by atoms with Crippen molar-refractivity contribution in [3.8, 4) is 79.7 Å². The average molecular weight is 1230 g/mol.